The molecule has 1 aromatic carbocycles. The van der Waals surface area contributed by atoms with Crippen LogP contribution in [0.4, 0.5) is 4.79 Å². The highest BCUT2D eigenvalue weighted by Crippen LogP contribution is 2.38. The quantitative estimate of drug-likeness (QED) is 0.779. The number of methoxy groups -OCH3 is 1. The van der Waals surface area contributed by atoms with E-state index in [1.54, 1.807) is 6.20 Å². The van der Waals surface area contributed by atoms with Crippen LogP contribution in [0, 0.1) is 0 Å². The van der Waals surface area contributed by atoms with E-state index in [9.17, 15) is 4.79 Å². The molecule has 2 unspecified atom stereocenters. The Morgan fingerprint density at radius 2 is 2.43 bits per heavy atom. The molecule has 1 aliphatic heterocycles. The Balaban J connectivity index is 1.85. The van der Waals surface area contributed by atoms with E-state index >= 15 is 0 Å². The number of aromatic nitrogens is 2. The normalized spacial score (nSPS) is 19.2. The van der Waals surface area contributed by atoms with E-state index in [4.69, 9.17) is 15.2 Å². The zero-order chi connectivity index (χ0) is 16.4. The molecule has 1 aromatic heterocycles. The molecule has 8 heteroatoms. The standard InChI is InChI=1S/C15H20N4O4/c1-8(16)5-10(18-15(20)21-2)12-7-22-11-4-3-9-6-17-19-13(9)14(11)23-12/h3-4,6,8,10,12H,5,7,16H2,1-2H3,(H,17,19)(H,18,20)/t8?,10-,12?/m1/s1. The van der Waals surface area contributed by atoms with Crippen LogP contribution in [0.5, 0.6) is 11.5 Å². The Morgan fingerprint density at radius 1 is 1.61 bits per heavy atom. The van der Waals surface area contributed by atoms with Crippen LogP contribution in [-0.4, -0.2) is 48.2 Å². The van der Waals surface area contributed by atoms with Crippen LogP contribution in [0.2, 0.25) is 0 Å². The summed E-state index contributed by atoms with van der Waals surface area (Å²) in [5.74, 6) is 1.24. The zero-order valence-electron chi connectivity index (χ0n) is 13.0. The van der Waals surface area contributed by atoms with Crippen LogP contribution in [0.3, 0.4) is 0 Å². The van der Waals surface area contributed by atoms with Gasteiger partial charge in [0.2, 0.25) is 0 Å². The molecule has 0 fully saturated rings. The molecule has 124 valence electrons. The summed E-state index contributed by atoms with van der Waals surface area (Å²) in [7, 11) is 1.32. The Labute approximate surface area is 133 Å². The third-order valence-corrected chi connectivity index (χ3v) is 3.77. The number of amides is 1. The van der Waals surface area contributed by atoms with Gasteiger partial charge in [-0.15, -0.1) is 0 Å². The molecule has 0 saturated carbocycles. The molecule has 3 atom stereocenters. The van der Waals surface area contributed by atoms with Crippen molar-refractivity contribution in [2.45, 2.75) is 31.5 Å². The smallest absolute Gasteiger partial charge is 0.407 e. The second kappa shape index (κ2) is 6.33. The number of nitrogens with two attached hydrogens (primary N) is 1. The SMILES string of the molecule is COC(=O)N[C@H](CC(C)N)C1COc2ccc3cn[nH]c3c2O1. The molecular formula is C15H20N4O4. The minimum absolute atomic E-state index is 0.106. The average Bonchev–Trinajstić information content (AvgIpc) is 3.02. The van der Waals surface area contributed by atoms with Gasteiger partial charge in [-0.3, -0.25) is 5.10 Å². The van der Waals surface area contributed by atoms with E-state index in [0.29, 0.717) is 24.5 Å². The predicted molar refractivity (Wildman–Crippen MR) is 83.6 cm³/mol. The number of aromatic amines is 1. The van der Waals surface area contributed by atoms with Gasteiger partial charge in [-0.25, -0.2) is 4.79 Å². The van der Waals surface area contributed by atoms with Gasteiger partial charge < -0.3 is 25.3 Å². The molecule has 0 aliphatic carbocycles. The summed E-state index contributed by atoms with van der Waals surface area (Å²) in [5.41, 5.74) is 6.65. The van der Waals surface area contributed by atoms with Crippen molar-refractivity contribution in [2.75, 3.05) is 13.7 Å². The van der Waals surface area contributed by atoms with E-state index < -0.39 is 6.09 Å². The van der Waals surface area contributed by atoms with Crippen molar-refractivity contribution in [1.29, 1.82) is 0 Å². The number of hydrogen-bond donors (Lipinski definition) is 3. The highest BCUT2D eigenvalue weighted by molar-refractivity contribution is 5.86. The summed E-state index contributed by atoms with van der Waals surface area (Å²) in [5, 5.41) is 10.6. The minimum atomic E-state index is -0.523. The first-order valence-electron chi connectivity index (χ1n) is 7.44. The molecule has 4 N–H and O–H groups in total. The van der Waals surface area contributed by atoms with Crippen molar-refractivity contribution in [3.8, 4) is 11.5 Å². The molecule has 2 heterocycles. The number of nitrogens with one attached hydrogen (secondary N) is 2. The van der Waals surface area contributed by atoms with E-state index in [1.807, 2.05) is 19.1 Å². The van der Waals surface area contributed by atoms with E-state index in [1.165, 1.54) is 7.11 Å². The maximum Gasteiger partial charge on any atom is 0.407 e. The number of carbonyl (C=O) groups is 1. The lowest BCUT2D eigenvalue weighted by molar-refractivity contribution is 0.0576. The summed E-state index contributed by atoms with van der Waals surface area (Å²) in [6.07, 6.45) is 1.36. The topological polar surface area (TPSA) is 111 Å². The van der Waals surface area contributed by atoms with Crippen LogP contribution >= 0.6 is 0 Å². The fourth-order valence-corrected chi connectivity index (χ4v) is 2.67. The molecule has 0 bridgehead atoms. The summed E-state index contributed by atoms with van der Waals surface area (Å²) in [6, 6.07) is 3.32. The molecule has 23 heavy (non-hydrogen) atoms. The Morgan fingerprint density at radius 3 is 3.17 bits per heavy atom. The number of alkyl carbamates (subject to hydrolysis) is 1. The number of fused-ring (bicyclic) bond motifs is 3. The third-order valence-electron chi connectivity index (χ3n) is 3.77. The predicted octanol–water partition coefficient (Wildman–Crippen LogP) is 1.16. The lowest BCUT2D eigenvalue weighted by atomic mass is 10.0. The molecule has 1 amide bonds. The van der Waals surface area contributed by atoms with Crippen molar-refractivity contribution in [2.24, 2.45) is 5.73 Å². The maximum absolute atomic E-state index is 11.6. The lowest BCUT2D eigenvalue weighted by Gasteiger charge is -2.33. The number of carbonyl (C=O) groups excluding carboxylic acids is 1. The van der Waals surface area contributed by atoms with Gasteiger partial charge in [-0.1, -0.05) is 0 Å². The molecular weight excluding hydrogens is 300 g/mol. The number of benzene rings is 1. The summed E-state index contributed by atoms with van der Waals surface area (Å²) in [6.45, 7) is 2.19. The van der Waals surface area contributed by atoms with Crippen LogP contribution in [-0.2, 0) is 4.74 Å². The Bertz CT molecular complexity index is 700. The molecule has 3 rings (SSSR count). The van der Waals surface area contributed by atoms with E-state index in [2.05, 4.69) is 20.3 Å². The summed E-state index contributed by atoms with van der Waals surface area (Å²) in [4.78, 5) is 11.6. The van der Waals surface area contributed by atoms with Crippen LogP contribution in [0.15, 0.2) is 18.3 Å². The highest BCUT2D eigenvalue weighted by atomic mass is 16.6. The van der Waals surface area contributed by atoms with Gasteiger partial charge in [0.1, 0.15) is 12.1 Å². The molecule has 0 spiro atoms. The van der Waals surface area contributed by atoms with Crippen LogP contribution in [0.25, 0.3) is 10.9 Å². The van der Waals surface area contributed by atoms with Crippen molar-refractivity contribution in [3.63, 3.8) is 0 Å². The van der Waals surface area contributed by atoms with Crippen molar-refractivity contribution in [3.05, 3.63) is 18.3 Å². The van der Waals surface area contributed by atoms with Gasteiger partial charge in [0.15, 0.2) is 17.6 Å². The molecule has 0 saturated heterocycles. The summed E-state index contributed by atoms with van der Waals surface area (Å²) >= 11 is 0. The van der Waals surface area contributed by atoms with Crippen molar-refractivity contribution in [1.82, 2.24) is 15.5 Å². The van der Waals surface area contributed by atoms with Gasteiger partial charge >= 0.3 is 6.09 Å². The Hall–Kier alpha value is -2.48. The highest BCUT2D eigenvalue weighted by Gasteiger charge is 2.32. The molecule has 2 aromatic rings. The molecule has 0 radical (unpaired) electrons. The minimum Gasteiger partial charge on any atom is -0.486 e. The fraction of sp³-hybridized carbons (Fsp3) is 0.467. The fourth-order valence-electron chi connectivity index (χ4n) is 2.67. The van der Waals surface area contributed by atoms with E-state index in [-0.39, 0.29) is 18.2 Å². The first-order valence-corrected chi connectivity index (χ1v) is 7.44. The van der Waals surface area contributed by atoms with Gasteiger partial charge in [0.25, 0.3) is 0 Å². The van der Waals surface area contributed by atoms with Crippen LogP contribution < -0.4 is 20.5 Å². The lowest BCUT2D eigenvalue weighted by Crippen LogP contribution is -2.51. The van der Waals surface area contributed by atoms with Gasteiger partial charge in [0, 0.05) is 11.4 Å². The summed E-state index contributed by atoms with van der Waals surface area (Å²) < 4.78 is 16.6. The third kappa shape index (κ3) is 3.16. The first-order chi connectivity index (χ1) is 11.1. The number of nitrogens with zero attached hydrogens (tertiary/aromatic N) is 1. The van der Waals surface area contributed by atoms with Crippen LogP contribution in [0.1, 0.15) is 13.3 Å². The first kappa shape index (κ1) is 15.4. The molecule has 8 nitrogen and oxygen atoms in total. The zero-order valence-corrected chi connectivity index (χ0v) is 13.0. The number of H-pyrrole nitrogens is 1. The molecule has 1 aliphatic rings. The average molecular weight is 320 g/mol. The van der Waals surface area contributed by atoms with Gasteiger partial charge in [0.05, 0.1) is 19.3 Å². The number of ether oxygens (including phenoxy) is 3. The Kier molecular flexibility index (Phi) is 4.24. The van der Waals surface area contributed by atoms with Crippen molar-refractivity contribution >= 4 is 17.0 Å². The van der Waals surface area contributed by atoms with Crippen molar-refractivity contribution < 1.29 is 19.0 Å². The second-order valence-electron chi connectivity index (χ2n) is 5.65. The number of rotatable bonds is 4. The second-order valence-corrected chi connectivity index (χ2v) is 5.65. The largest absolute Gasteiger partial charge is 0.486 e. The van der Waals surface area contributed by atoms with Gasteiger partial charge in [-0.05, 0) is 25.5 Å². The van der Waals surface area contributed by atoms with E-state index in [0.717, 1.165) is 10.9 Å². The monoisotopic (exact) mass is 320 g/mol. The van der Waals surface area contributed by atoms with Gasteiger partial charge in [-0.2, -0.15) is 5.10 Å². The number of hydrogen-bond acceptors (Lipinski definition) is 6. The maximum atomic E-state index is 11.6.